The lowest BCUT2D eigenvalue weighted by atomic mass is 10.2. The van der Waals surface area contributed by atoms with Crippen molar-refractivity contribution in [3.05, 3.63) is 65.7 Å². The van der Waals surface area contributed by atoms with Crippen molar-refractivity contribution < 1.29 is 17.9 Å². The quantitative estimate of drug-likeness (QED) is 0.415. The summed E-state index contributed by atoms with van der Waals surface area (Å²) >= 11 is 0. The van der Waals surface area contributed by atoms with E-state index in [0.717, 1.165) is 30.4 Å². The lowest BCUT2D eigenvalue weighted by Crippen LogP contribution is -2.41. The summed E-state index contributed by atoms with van der Waals surface area (Å²) in [7, 11) is -4.08. The maximum atomic E-state index is 13.1. The van der Waals surface area contributed by atoms with Gasteiger partial charge >= 0.3 is 6.09 Å². The van der Waals surface area contributed by atoms with E-state index in [0.29, 0.717) is 10.7 Å². The van der Waals surface area contributed by atoms with Crippen LogP contribution in [0.3, 0.4) is 0 Å². The van der Waals surface area contributed by atoms with Crippen LogP contribution in [-0.2, 0) is 14.8 Å². The molecular formula is C27H31NO4S. The summed E-state index contributed by atoms with van der Waals surface area (Å²) in [5.41, 5.74) is 1.09. The van der Waals surface area contributed by atoms with Gasteiger partial charge in [-0.1, -0.05) is 53.7 Å². The maximum absolute atomic E-state index is 13.1. The topological polar surface area (TPSA) is 63.7 Å². The zero-order chi connectivity index (χ0) is 24.3. The summed E-state index contributed by atoms with van der Waals surface area (Å²) in [6, 6.07) is 16.1. The third-order valence-corrected chi connectivity index (χ3v) is 6.14. The minimum absolute atomic E-state index is 0.0257. The fourth-order valence-electron chi connectivity index (χ4n) is 2.73. The van der Waals surface area contributed by atoms with Gasteiger partial charge in [0, 0.05) is 18.4 Å². The lowest BCUT2D eigenvalue weighted by Gasteiger charge is -2.25. The minimum Gasteiger partial charge on any atom is -0.443 e. The highest BCUT2D eigenvalue weighted by Crippen LogP contribution is 2.19. The lowest BCUT2D eigenvalue weighted by molar-refractivity contribution is 0.0406. The van der Waals surface area contributed by atoms with E-state index in [2.05, 4.69) is 23.7 Å². The van der Waals surface area contributed by atoms with Gasteiger partial charge in [-0.2, -0.15) is 4.31 Å². The first-order valence-electron chi connectivity index (χ1n) is 10.9. The molecule has 0 spiro atoms. The predicted molar refractivity (Wildman–Crippen MR) is 131 cm³/mol. The van der Waals surface area contributed by atoms with Gasteiger partial charge in [0.25, 0.3) is 10.0 Å². The van der Waals surface area contributed by atoms with Crippen LogP contribution in [0, 0.1) is 30.6 Å². The number of nitrogens with zero attached hydrogens (tertiary/aromatic N) is 1. The zero-order valence-corrected chi connectivity index (χ0v) is 20.5. The molecule has 0 bridgehead atoms. The monoisotopic (exact) mass is 465 g/mol. The Morgan fingerprint density at radius 2 is 1.52 bits per heavy atom. The normalized spacial score (nSPS) is 10.9. The van der Waals surface area contributed by atoms with Crippen molar-refractivity contribution in [3.8, 4) is 23.7 Å². The number of unbranched alkanes of at least 4 members (excludes halogenated alkanes) is 3. The first-order valence-corrected chi connectivity index (χ1v) is 12.4. The summed E-state index contributed by atoms with van der Waals surface area (Å²) in [5, 5.41) is 0. The van der Waals surface area contributed by atoms with E-state index in [-0.39, 0.29) is 11.4 Å². The van der Waals surface area contributed by atoms with Crippen LogP contribution in [0.2, 0.25) is 0 Å². The van der Waals surface area contributed by atoms with Crippen molar-refractivity contribution in [2.24, 2.45) is 0 Å². The highest BCUT2D eigenvalue weighted by atomic mass is 32.2. The van der Waals surface area contributed by atoms with E-state index >= 15 is 0 Å². The molecule has 0 saturated heterocycles. The van der Waals surface area contributed by atoms with E-state index in [9.17, 15) is 13.2 Å². The molecule has 5 nitrogen and oxygen atoms in total. The SMILES string of the molecule is Cc1ccc(S(=O)(=O)N(CC#CCCCCC#Cc2ccccc2)C(=O)OC(C)(C)C)cc1. The number of aryl methyl sites for hydroxylation is 1. The highest BCUT2D eigenvalue weighted by molar-refractivity contribution is 7.89. The second-order valence-corrected chi connectivity index (χ2v) is 10.4. The molecule has 0 saturated carbocycles. The average Bonchev–Trinajstić information content (AvgIpc) is 2.74. The second kappa shape index (κ2) is 12.1. The number of rotatable bonds is 6. The van der Waals surface area contributed by atoms with E-state index in [4.69, 9.17) is 4.74 Å². The smallest absolute Gasteiger partial charge is 0.425 e. The van der Waals surface area contributed by atoms with Gasteiger partial charge in [0.1, 0.15) is 12.1 Å². The summed E-state index contributed by atoms with van der Waals surface area (Å²) in [6.07, 6.45) is 2.16. The van der Waals surface area contributed by atoms with Crippen LogP contribution in [0.5, 0.6) is 0 Å². The number of amides is 1. The molecule has 33 heavy (non-hydrogen) atoms. The summed E-state index contributed by atoms with van der Waals surface area (Å²) < 4.78 is 32.1. The number of hydrogen-bond acceptors (Lipinski definition) is 4. The van der Waals surface area contributed by atoms with E-state index in [1.165, 1.54) is 12.1 Å². The summed E-state index contributed by atoms with van der Waals surface area (Å²) in [4.78, 5) is 12.7. The third-order valence-electron chi connectivity index (χ3n) is 4.41. The number of sulfonamides is 1. The standard InChI is InChI=1S/C27H31NO4S/c1-23-18-20-25(21-19-23)33(30,31)28(26(29)32-27(2,3)4)22-14-9-7-5-6-8-11-15-24-16-12-10-13-17-24/h10,12-13,16-21H,5-8,22H2,1-4H3. The van der Waals surface area contributed by atoms with E-state index < -0.39 is 21.7 Å². The first-order chi connectivity index (χ1) is 15.6. The third kappa shape index (κ3) is 9.04. The Morgan fingerprint density at radius 1 is 0.909 bits per heavy atom. The van der Waals surface area contributed by atoms with Crippen molar-refractivity contribution in [2.45, 2.75) is 63.9 Å². The molecule has 174 valence electrons. The van der Waals surface area contributed by atoms with Gasteiger partial charge in [0.05, 0.1) is 4.90 Å². The molecule has 2 aromatic carbocycles. The molecule has 0 N–H and O–H groups in total. The molecule has 0 unspecified atom stereocenters. The highest BCUT2D eigenvalue weighted by Gasteiger charge is 2.32. The number of carbonyl (C=O) groups excluding carboxylic acids is 1. The van der Waals surface area contributed by atoms with Gasteiger partial charge in [0.15, 0.2) is 0 Å². The Labute approximate surface area is 198 Å². The molecule has 0 fully saturated rings. The number of ether oxygens (including phenoxy) is 1. The average molecular weight is 466 g/mol. The first kappa shape index (κ1) is 26.0. The van der Waals surface area contributed by atoms with E-state index in [1.807, 2.05) is 37.3 Å². The van der Waals surface area contributed by atoms with Gasteiger partial charge in [0.2, 0.25) is 0 Å². The van der Waals surface area contributed by atoms with Crippen molar-refractivity contribution in [1.29, 1.82) is 0 Å². The molecule has 0 heterocycles. The van der Waals surface area contributed by atoms with Gasteiger partial charge in [-0.15, -0.1) is 5.92 Å². The molecule has 0 aliphatic carbocycles. The van der Waals surface area contributed by atoms with Crippen molar-refractivity contribution in [1.82, 2.24) is 4.31 Å². The maximum Gasteiger partial charge on any atom is 0.425 e. The van der Waals surface area contributed by atoms with Gasteiger partial charge in [-0.05, 0) is 64.8 Å². The fourth-order valence-corrected chi connectivity index (χ4v) is 3.93. The van der Waals surface area contributed by atoms with Crippen LogP contribution in [0.4, 0.5) is 4.79 Å². The van der Waals surface area contributed by atoms with Crippen LogP contribution in [0.1, 0.15) is 57.6 Å². The molecule has 0 aromatic heterocycles. The molecule has 0 aliphatic rings. The van der Waals surface area contributed by atoms with Crippen LogP contribution in [-0.4, -0.2) is 31.0 Å². The minimum atomic E-state index is -4.08. The second-order valence-electron chi connectivity index (χ2n) is 8.53. The predicted octanol–water partition coefficient (Wildman–Crippen LogP) is 5.54. The van der Waals surface area contributed by atoms with Gasteiger partial charge in [-0.25, -0.2) is 13.2 Å². The van der Waals surface area contributed by atoms with Crippen LogP contribution >= 0.6 is 0 Å². The largest absolute Gasteiger partial charge is 0.443 e. The Kier molecular flexibility index (Phi) is 9.57. The Balaban J connectivity index is 1.97. The molecular weight excluding hydrogens is 434 g/mol. The molecule has 6 heteroatoms. The Morgan fingerprint density at radius 3 is 2.12 bits per heavy atom. The van der Waals surface area contributed by atoms with Crippen LogP contribution in [0.25, 0.3) is 0 Å². The number of benzene rings is 2. The van der Waals surface area contributed by atoms with Gasteiger partial charge < -0.3 is 4.74 Å². The molecule has 2 rings (SSSR count). The van der Waals surface area contributed by atoms with E-state index in [1.54, 1.807) is 32.9 Å². The van der Waals surface area contributed by atoms with Crippen LogP contribution < -0.4 is 0 Å². The molecule has 2 aromatic rings. The summed E-state index contributed by atoms with van der Waals surface area (Å²) in [6.45, 7) is 6.66. The Bertz CT molecular complexity index is 1140. The fraction of sp³-hybridized carbons (Fsp3) is 0.370. The van der Waals surface area contributed by atoms with Crippen molar-refractivity contribution >= 4 is 16.1 Å². The van der Waals surface area contributed by atoms with Crippen molar-refractivity contribution in [2.75, 3.05) is 6.54 Å². The molecule has 0 atom stereocenters. The van der Waals surface area contributed by atoms with Gasteiger partial charge in [-0.3, -0.25) is 0 Å². The zero-order valence-electron chi connectivity index (χ0n) is 19.7. The molecule has 0 aliphatic heterocycles. The number of hydrogen-bond donors (Lipinski definition) is 0. The molecule has 0 radical (unpaired) electrons. The number of carbonyl (C=O) groups is 1. The van der Waals surface area contributed by atoms with Crippen LogP contribution in [0.15, 0.2) is 59.5 Å². The van der Waals surface area contributed by atoms with Crippen molar-refractivity contribution in [3.63, 3.8) is 0 Å². The molecule has 1 amide bonds. The Hall–Kier alpha value is -3.22. The summed E-state index contributed by atoms with van der Waals surface area (Å²) in [5.74, 6) is 12.0.